The maximum absolute atomic E-state index is 15.6. The third-order valence-electron chi connectivity index (χ3n) is 7.93. The molecule has 0 spiro atoms. The van der Waals surface area contributed by atoms with Crippen molar-refractivity contribution in [1.82, 2.24) is 9.58 Å². The summed E-state index contributed by atoms with van der Waals surface area (Å²) < 4.78 is 28.4. The van der Waals surface area contributed by atoms with Crippen LogP contribution in [0.15, 0.2) is 70.5 Å². The maximum Gasteiger partial charge on any atom is 0.308 e. The van der Waals surface area contributed by atoms with E-state index in [1.165, 1.54) is 13.0 Å². The van der Waals surface area contributed by atoms with Crippen LogP contribution in [0, 0.1) is 0 Å². The number of alkyl halides is 1. The van der Waals surface area contributed by atoms with E-state index in [4.69, 9.17) is 9.47 Å². The molecule has 40 heavy (non-hydrogen) atoms. The van der Waals surface area contributed by atoms with E-state index >= 15 is 4.39 Å². The second-order valence-corrected chi connectivity index (χ2v) is 11.5. The molecule has 1 saturated heterocycles. The van der Waals surface area contributed by atoms with E-state index in [0.717, 1.165) is 32.7 Å². The van der Waals surface area contributed by atoms with E-state index < -0.39 is 35.2 Å². The average molecular weight is 560 g/mol. The Morgan fingerprint density at radius 2 is 2.00 bits per heavy atom. The van der Waals surface area contributed by atoms with Crippen molar-refractivity contribution in [1.29, 1.82) is 0 Å². The Kier molecular flexibility index (Phi) is 5.62. The summed E-state index contributed by atoms with van der Waals surface area (Å²) in [4.78, 5) is 41.5. The summed E-state index contributed by atoms with van der Waals surface area (Å²) in [7, 11) is 0. The highest BCUT2D eigenvalue weighted by Crippen LogP contribution is 2.52. The fourth-order valence-electron chi connectivity index (χ4n) is 6.29. The highest BCUT2D eigenvalue weighted by atomic mass is 32.1. The van der Waals surface area contributed by atoms with Gasteiger partial charge in [0.15, 0.2) is 5.69 Å². The van der Waals surface area contributed by atoms with Crippen molar-refractivity contribution in [2.24, 2.45) is 0 Å². The van der Waals surface area contributed by atoms with Crippen LogP contribution in [0.2, 0.25) is 0 Å². The smallest absolute Gasteiger partial charge is 0.308 e. The Morgan fingerprint density at radius 3 is 2.83 bits per heavy atom. The van der Waals surface area contributed by atoms with Crippen molar-refractivity contribution in [2.45, 2.75) is 38.1 Å². The molecule has 7 rings (SSSR count). The summed E-state index contributed by atoms with van der Waals surface area (Å²) >= 11 is 1.61. The predicted molar refractivity (Wildman–Crippen MR) is 149 cm³/mol. The minimum absolute atomic E-state index is 0.0189. The van der Waals surface area contributed by atoms with Crippen LogP contribution in [0.3, 0.4) is 0 Å². The van der Waals surface area contributed by atoms with E-state index in [9.17, 15) is 14.4 Å². The van der Waals surface area contributed by atoms with E-state index in [2.05, 4.69) is 12.1 Å². The molecule has 1 aromatic carbocycles. The minimum Gasteiger partial charge on any atom is -0.420 e. The predicted octanol–water partition coefficient (Wildman–Crippen LogP) is 4.45. The SMILES string of the molecule is CC(=O)Oc1c2n(ccc1=O)N(C1C3=C(CC(C)(F)C=C3)c3ccsc3-c3ccccc31)[C@@H]1COCCN1C2=O. The van der Waals surface area contributed by atoms with Crippen LogP contribution in [0.1, 0.15) is 47.9 Å². The molecule has 0 N–H and O–H groups in total. The number of pyridine rings is 1. The van der Waals surface area contributed by atoms with Gasteiger partial charge in [0, 0.05) is 37.0 Å². The average Bonchev–Trinajstić information content (AvgIpc) is 3.39. The number of aromatic nitrogens is 1. The zero-order chi connectivity index (χ0) is 27.8. The van der Waals surface area contributed by atoms with Gasteiger partial charge in [-0.05, 0) is 52.3 Å². The number of amides is 1. The normalized spacial score (nSPS) is 24.9. The monoisotopic (exact) mass is 559 g/mol. The molecule has 10 heteroatoms. The van der Waals surface area contributed by atoms with Gasteiger partial charge in [0.25, 0.3) is 5.91 Å². The first-order valence-electron chi connectivity index (χ1n) is 13.1. The van der Waals surface area contributed by atoms with Crippen LogP contribution in [0.4, 0.5) is 4.39 Å². The van der Waals surface area contributed by atoms with Gasteiger partial charge in [-0.3, -0.25) is 24.1 Å². The summed E-state index contributed by atoms with van der Waals surface area (Å²) in [6.45, 7) is 3.64. The molecule has 2 aliphatic carbocycles. The van der Waals surface area contributed by atoms with E-state index in [1.807, 2.05) is 34.7 Å². The van der Waals surface area contributed by atoms with Crippen LogP contribution in [0.5, 0.6) is 5.75 Å². The number of nitrogens with zero attached hydrogens (tertiary/aromatic N) is 3. The lowest BCUT2D eigenvalue weighted by atomic mass is 9.82. The van der Waals surface area contributed by atoms with Crippen LogP contribution in [-0.4, -0.2) is 53.0 Å². The molecule has 2 aliphatic heterocycles. The first-order chi connectivity index (χ1) is 19.2. The number of thiophene rings is 1. The topological polar surface area (TPSA) is 81.1 Å². The largest absolute Gasteiger partial charge is 0.420 e. The molecule has 3 aromatic rings. The van der Waals surface area contributed by atoms with Crippen molar-refractivity contribution in [3.63, 3.8) is 0 Å². The molecule has 4 aliphatic rings. The number of morpholine rings is 1. The van der Waals surface area contributed by atoms with Gasteiger partial charge in [-0.15, -0.1) is 11.3 Å². The van der Waals surface area contributed by atoms with Gasteiger partial charge in [-0.2, -0.15) is 0 Å². The number of hydrogen-bond donors (Lipinski definition) is 0. The number of hydrogen-bond acceptors (Lipinski definition) is 7. The molecule has 1 amide bonds. The Balaban J connectivity index is 1.55. The third kappa shape index (κ3) is 3.70. The van der Waals surface area contributed by atoms with E-state index in [0.29, 0.717) is 13.2 Å². The second kappa shape index (κ2) is 9.00. The fraction of sp³-hybridized carbons (Fsp3) is 0.300. The number of carbonyl (C=O) groups excluding carboxylic acids is 2. The number of halogens is 1. The standard InChI is InChI=1S/C30H26FN3O5S/c1-17(35)39-27-23(36)8-11-33-26(27)29(37)32-12-13-38-16-24(32)34(33)25-18-5-3-4-6-20(18)28-21(9-14-40-28)22-15-30(2,31)10-7-19(22)25/h3-11,14,24-25H,12-13,15-16H2,1-2H3/t24-,25?,30?/m1/s1. The summed E-state index contributed by atoms with van der Waals surface area (Å²) in [6.07, 6.45) is 4.66. The van der Waals surface area contributed by atoms with Gasteiger partial charge in [0.2, 0.25) is 11.2 Å². The zero-order valence-electron chi connectivity index (χ0n) is 21.9. The molecule has 3 atom stereocenters. The van der Waals surface area contributed by atoms with Crippen LogP contribution < -0.4 is 15.2 Å². The van der Waals surface area contributed by atoms with Gasteiger partial charge in [0.1, 0.15) is 11.8 Å². The van der Waals surface area contributed by atoms with Gasteiger partial charge < -0.3 is 14.4 Å². The lowest BCUT2D eigenvalue weighted by Gasteiger charge is -2.52. The molecule has 1 fully saturated rings. The third-order valence-corrected chi connectivity index (χ3v) is 8.88. The van der Waals surface area contributed by atoms with Crippen molar-refractivity contribution in [3.8, 4) is 16.2 Å². The first-order valence-corrected chi connectivity index (χ1v) is 14.0. The molecule has 204 valence electrons. The summed E-state index contributed by atoms with van der Waals surface area (Å²) in [5.74, 6) is -1.41. The number of allylic oxidation sites excluding steroid dienone is 2. The Hall–Kier alpha value is -4.02. The molecule has 2 unspecified atom stereocenters. The van der Waals surface area contributed by atoms with E-state index in [-0.39, 0.29) is 24.5 Å². The lowest BCUT2D eigenvalue weighted by molar-refractivity contribution is -0.132. The first kappa shape index (κ1) is 25.0. The molecule has 0 saturated carbocycles. The van der Waals surface area contributed by atoms with Crippen molar-refractivity contribution < 1.29 is 23.5 Å². The highest BCUT2D eigenvalue weighted by Gasteiger charge is 2.47. The van der Waals surface area contributed by atoms with Gasteiger partial charge in [-0.25, -0.2) is 4.39 Å². The minimum atomic E-state index is -1.53. The molecule has 8 nitrogen and oxygen atoms in total. The Labute approximate surface area is 233 Å². The molecule has 0 bridgehead atoms. The maximum atomic E-state index is 15.6. The second-order valence-electron chi connectivity index (χ2n) is 10.6. The summed E-state index contributed by atoms with van der Waals surface area (Å²) in [5, 5.41) is 4.04. The number of fused-ring (bicyclic) bond motifs is 6. The molecule has 4 heterocycles. The molecular formula is C30H26FN3O5S. The fourth-order valence-corrected chi connectivity index (χ4v) is 7.26. The number of esters is 1. The van der Waals surface area contributed by atoms with Gasteiger partial charge >= 0.3 is 5.97 Å². The van der Waals surface area contributed by atoms with Crippen LogP contribution in [-0.2, 0) is 9.53 Å². The van der Waals surface area contributed by atoms with Gasteiger partial charge in [0.05, 0.1) is 19.3 Å². The van der Waals surface area contributed by atoms with Crippen molar-refractivity contribution in [3.05, 3.63) is 92.7 Å². The lowest BCUT2D eigenvalue weighted by Crippen LogP contribution is -2.66. The Bertz CT molecular complexity index is 1700. The number of rotatable bonds is 2. The summed E-state index contributed by atoms with van der Waals surface area (Å²) in [5.41, 5.74) is 2.68. The Morgan fingerprint density at radius 1 is 1.18 bits per heavy atom. The number of ether oxygens (including phenoxy) is 2. The van der Waals surface area contributed by atoms with Crippen molar-refractivity contribution in [2.75, 3.05) is 24.8 Å². The van der Waals surface area contributed by atoms with Crippen molar-refractivity contribution >= 4 is 28.8 Å². The quantitative estimate of drug-likeness (QED) is 0.432. The number of benzene rings is 1. The van der Waals surface area contributed by atoms with Gasteiger partial charge in [-0.1, -0.05) is 30.3 Å². The summed E-state index contributed by atoms with van der Waals surface area (Å²) in [6, 6.07) is 10.9. The van der Waals surface area contributed by atoms with Crippen LogP contribution in [0.25, 0.3) is 16.0 Å². The molecule has 0 radical (unpaired) electrons. The highest BCUT2D eigenvalue weighted by molar-refractivity contribution is 7.14. The van der Waals surface area contributed by atoms with Crippen LogP contribution >= 0.6 is 11.3 Å². The molecule has 2 aromatic heterocycles. The molecular weight excluding hydrogens is 533 g/mol. The number of carbonyl (C=O) groups is 2. The van der Waals surface area contributed by atoms with E-state index in [1.54, 1.807) is 40.1 Å². The zero-order valence-corrected chi connectivity index (χ0v) is 22.7.